The predicted molar refractivity (Wildman–Crippen MR) is 118 cm³/mol. The van der Waals surface area contributed by atoms with Gasteiger partial charge in [0.1, 0.15) is 6.54 Å². The Morgan fingerprint density at radius 3 is 2.59 bits per heavy atom. The molecule has 1 aromatic heterocycles. The van der Waals surface area contributed by atoms with Crippen molar-refractivity contribution in [1.82, 2.24) is 0 Å². The largest absolute Gasteiger partial charge is 0.439 e. The first-order valence-electron chi connectivity index (χ1n) is 9.52. The predicted octanol–water partition coefficient (Wildman–Crippen LogP) is 6.38. The molecule has 6 heteroatoms. The molecule has 4 nitrogen and oxygen atoms in total. The van der Waals surface area contributed by atoms with Crippen LogP contribution < -0.4 is 14.2 Å². The molecule has 3 aromatic rings. The third kappa shape index (κ3) is 3.91. The molecule has 29 heavy (non-hydrogen) atoms. The Balaban J connectivity index is 1.52. The number of halogens is 2. The number of oxazole rings is 1. The zero-order valence-corrected chi connectivity index (χ0v) is 17.7. The van der Waals surface area contributed by atoms with E-state index in [4.69, 9.17) is 32.4 Å². The summed E-state index contributed by atoms with van der Waals surface area (Å²) >= 11 is 12.2. The van der Waals surface area contributed by atoms with E-state index < -0.39 is 0 Å². The number of aromatic nitrogens is 1. The van der Waals surface area contributed by atoms with Gasteiger partial charge in [-0.3, -0.25) is 0 Å². The molecule has 2 aromatic carbocycles. The quantitative estimate of drug-likeness (QED) is 0.349. The van der Waals surface area contributed by atoms with E-state index in [9.17, 15) is 0 Å². The standard InChI is InChI=1S/C23H21Cl2N2O2/c1-3-26-18-14-16(24)10-12-20(18)28-22(26)8-6-5-7-9-23-27(4-2)19-15-17(25)11-13-21(19)29-23/h5-15H,3-4H2,1-2H3/q+1. The first-order valence-corrected chi connectivity index (χ1v) is 10.3. The lowest BCUT2D eigenvalue weighted by Gasteiger charge is -2.15. The molecular formula is C23H21Cl2N2O2+. The van der Waals surface area contributed by atoms with E-state index in [1.807, 2.05) is 66.8 Å². The molecule has 4 rings (SSSR count). The number of anilines is 1. The maximum absolute atomic E-state index is 6.12. The minimum atomic E-state index is 0.696. The van der Waals surface area contributed by atoms with Crippen molar-refractivity contribution in [3.8, 4) is 5.75 Å². The second kappa shape index (κ2) is 8.36. The van der Waals surface area contributed by atoms with Crippen LogP contribution >= 0.6 is 23.2 Å². The number of ether oxygens (including phenoxy) is 1. The Kier molecular flexibility index (Phi) is 5.65. The van der Waals surface area contributed by atoms with Gasteiger partial charge >= 0.3 is 5.89 Å². The molecule has 0 unspecified atom stereocenters. The van der Waals surface area contributed by atoms with Gasteiger partial charge in [0.05, 0.1) is 11.8 Å². The van der Waals surface area contributed by atoms with E-state index >= 15 is 0 Å². The first-order chi connectivity index (χ1) is 14.1. The number of nitrogens with zero attached hydrogens (tertiary/aromatic N) is 2. The maximum atomic E-state index is 6.12. The van der Waals surface area contributed by atoms with Crippen molar-refractivity contribution in [1.29, 1.82) is 0 Å². The molecule has 0 radical (unpaired) electrons. The Bertz CT molecular complexity index is 1150. The fourth-order valence-corrected chi connectivity index (χ4v) is 3.72. The summed E-state index contributed by atoms with van der Waals surface area (Å²) in [6.07, 6.45) is 9.71. The highest BCUT2D eigenvalue weighted by molar-refractivity contribution is 6.31. The van der Waals surface area contributed by atoms with Gasteiger partial charge in [0, 0.05) is 22.7 Å². The van der Waals surface area contributed by atoms with E-state index in [1.54, 1.807) is 0 Å². The summed E-state index contributed by atoms with van der Waals surface area (Å²) in [6.45, 7) is 5.74. The van der Waals surface area contributed by atoms with Crippen molar-refractivity contribution in [2.24, 2.45) is 0 Å². The van der Waals surface area contributed by atoms with Crippen LogP contribution in [0.15, 0.2) is 71.0 Å². The Morgan fingerprint density at radius 2 is 1.79 bits per heavy atom. The molecule has 0 aliphatic carbocycles. The van der Waals surface area contributed by atoms with E-state index in [0.717, 1.165) is 47.4 Å². The number of rotatable bonds is 5. The van der Waals surface area contributed by atoms with Crippen LogP contribution in [0.4, 0.5) is 5.69 Å². The SMILES string of the molecule is CCN1C(=CC=CC=Cc2oc3ccc(Cl)cc3[n+]2CC)Oc2ccc(Cl)cc21. The van der Waals surface area contributed by atoms with Gasteiger partial charge in [-0.1, -0.05) is 41.4 Å². The summed E-state index contributed by atoms with van der Waals surface area (Å²) in [5, 5.41) is 1.39. The minimum absolute atomic E-state index is 0.696. The van der Waals surface area contributed by atoms with Crippen LogP contribution in [0.5, 0.6) is 5.75 Å². The topological polar surface area (TPSA) is 29.5 Å². The highest BCUT2D eigenvalue weighted by atomic mass is 35.5. The highest BCUT2D eigenvalue weighted by Crippen LogP contribution is 2.40. The molecule has 0 saturated carbocycles. The van der Waals surface area contributed by atoms with Gasteiger partial charge in [0.25, 0.3) is 5.52 Å². The summed E-state index contributed by atoms with van der Waals surface area (Å²) in [4.78, 5) is 2.09. The van der Waals surface area contributed by atoms with Crippen molar-refractivity contribution in [3.05, 3.63) is 82.5 Å². The summed E-state index contributed by atoms with van der Waals surface area (Å²) in [5.74, 6) is 2.37. The fraction of sp³-hybridized carbons (Fsp3) is 0.174. The second-order valence-corrected chi connectivity index (χ2v) is 7.38. The summed E-state index contributed by atoms with van der Waals surface area (Å²) in [6, 6.07) is 11.3. The van der Waals surface area contributed by atoms with E-state index in [2.05, 4.69) is 23.3 Å². The molecule has 0 N–H and O–H groups in total. The molecule has 0 fully saturated rings. The van der Waals surface area contributed by atoms with Gasteiger partial charge in [-0.25, -0.2) is 0 Å². The lowest BCUT2D eigenvalue weighted by molar-refractivity contribution is -0.674. The molecule has 0 amide bonds. The third-order valence-electron chi connectivity index (χ3n) is 4.72. The van der Waals surface area contributed by atoms with Crippen LogP contribution in [0, 0.1) is 0 Å². The second-order valence-electron chi connectivity index (χ2n) is 6.50. The molecule has 148 valence electrons. The molecule has 1 aliphatic rings. The zero-order chi connectivity index (χ0) is 20.4. The number of aryl methyl sites for hydroxylation is 1. The molecule has 2 heterocycles. The van der Waals surface area contributed by atoms with Crippen molar-refractivity contribution in [2.75, 3.05) is 11.4 Å². The smallest absolute Gasteiger partial charge is 0.374 e. The van der Waals surface area contributed by atoms with Gasteiger partial charge in [0.2, 0.25) is 11.5 Å². The molecule has 1 aliphatic heterocycles. The molecule has 0 saturated heterocycles. The number of allylic oxidation sites excluding steroid dienone is 4. The number of hydrogen-bond acceptors (Lipinski definition) is 3. The molecular weight excluding hydrogens is 407 g/mol. The Labute approximate surface area is 179 Å². The Morgan fingerprint density at radius 1 is 1.00 bits per heavy atom. The number of benzene rings is 2. The molecule has 0 spiro atoms. The van der Waals surface area contributed by atoms with Crippen molar-refractivity contribution in [2.45, 2.75) is 20.4 Å². The van der Waals surface area contributed by atoms with E-state index in [-0.39, 0.29) is 0 Å². The average Bonchev–Trinajstić information content (AvgIpc) is 3.23. The third-order valence-corrected chi connectivity index (χ3v) is 5.19. The van der Waals surface area contributed by atoms with Crippen molar-refractivity contribution in [3.63, 3.8) is 0 Å². The van der Waals surface area contributed by atoms with Gasteiger partial charge in [-0.05, 0) is 50.3 Å². The normalized spacial score (nSPS) is 15.2. The zero-order valence-electron chi connectivity index (χ0n) is 16.2. The van der Waals surface area contributed by atoms with Crippen molar-refractivity contribution >= 4 is 46.1 Å². The van der Waals surface area contributed by atoms with Crippen LogP contribution in [0.2, 0.25) is 10.0 Å². The highest BCUT2D eigenvalue weighted by Gasteiger charge is 2.24. The van der Waals surface area contributed by atoms with E-state index in [0.29, 0.717) is 10.0 Å². The lowest BCUT2D eigenvalue weighted by atomic mass is 10.3. The van der Waals surface area contributed by atoms with Gasteiger partial charge < -0.3 is 14.1 Å². The lowest BCUT2D eigenvalue weighted by Crippen LogP contribution is -2.33. The van der Waals surface area contributed by atoms with Crippen LogP contribution in [0.25, 0.3) is 17.2 Å². The van der Waals surface area contributed by atoms with E-state index in [1.165, 1.54) is 0 Å². The summed E-state index contributed by atoms with van der Waals surface area (Å²) in [7, 11) is 0. The Hall–Kier alpha value is -2.69. The van der Waals surface area contributed by atoms with Crippen LogP contribution in [0.3, 0.4) is 0 Å². The van der Waals surface area contributed by atoms with Crippen molar-refractivity contribution < 1.29 is 13.7 Å². The number of fused-ring (bicyclic) bond motifs is 2. The average molecular weight is 428 g/mol. The van der Waals surface area contributed by atoms with Crippen LogP contribution in [-0.4, -0.2) is 6.54 Å². The van der Waals surface area contributed by atoms with Crippen LogP contribution in [0.1, 0.15) is 19.7 Å². The number of hydrogen-bond donors (Lipinski definition) is 0. The minimum Gasteiger partial charge on any atom is -0.439 e. The monoisotopic (exact) mass is 427 g/mol. The molecule has 0 bridgehead atoms. The van der Waals surface area contributed by atoms with Gasteiger partial charge in [-0.15, -0.1) is 0 Å². The fourth-order valence-electron chi connectivity index (χ4n) is 3.39. The molecule has 0 atom stereocenters. The summed E-state index contributed by atoms with van der Waals surface area (Å²) < 4.78 is 14.0. The van der Waals surface area contributed by atoms with Gasteiger partial charge in [0.15, 0.2) is 5.75 Å². The maximum Gasteiger partial charge on any atom is 0.374 e. The summed E-state index contributed by atoms with van der Waals surface area (Å²) in [5.41, 5.74) is 2.79. The van der Waals surface area contributed by atoms with Crippen LogP contribution in [-0.2, 0) is 6.54 Å². The van der Waals surface area contributed by atoms with Gasteiger partial charge in [-0.2, -0.15) is 4.57 Å². The first kappa shape index (κ1) is 19.6.